The van der Waals surface area contributed by atoms with E-state index >= 15 is 0 Å². The summed E-state index contributed by atoms with van der Waals surface area (Å²) < 4.78 is 2.03. The van der Waals surface area contributed by atoms with Crippen LogP contribution < -0.4 is 5.32 Å². The van der Waals surface area contributed by atoms with Crippen LogP contribution in [0.3, 0.4) is 0 Å². The molecule has 1 saturated heterocycles. The number of aromatic nitrogens is 2. The molecule has 1 aliphatic heterocycles. The summed E-state index contributed by atoms with van der Waals surface area (Å²) in [6.07, 6.45) is 8.37. The molecule has 0 atom stereocenters. The number of hydrogen-bond donors (Lipinski definition) is 1. The van der Waals surface area contributed by atoms with Crippen molar-refractivity contribution in [1.82, 2.24) is 19.8 Å². The quantitative estimate of drug-likeness (QED) is 0.530. The van der Waals surface area contributed by atoms with E-state index in [1.165, 1.54) is 22.9 Å². The van der Waals surface area contributed by atoms with Gasteiger partial charge in [0.25, 0.3) is 0 Å². The average molecular weight is 415 g/mol. The Bertz CT molecular complexity index is 849. The van der Waals surface area contributed by atoms with Crippen molar-refractivity contribution in [2.45, 2.75) is 51.1 Å². The molecule has 2 amide bonds. The molecule has 1 aliphatic rings. The van der Waals surface area contributed by atoms with E-state index in [2.05, 4.69) is 36.3 Å². The summed E-state index contributed by atoms with van der Waals surface area (Å²) >= 11 is 1.44. The summed E-state index contributed by atoms with van der Waals surface area (Å²) in [5.74, 6) is 0.570. The Balaban J connectivity index is 1.44. The second kappa shape index (κ2) is 10.5. The molecule has 156 valence electrons. The van der Waals surface area contributed by atoms with Gasteiger partial charge in [-0.15, -0.1) is 0 Å². The Labute approximate surface area is 177 Å². The van der Waals surface area contributed by atoms with Crippen LogP contribution in [0.2, 0.25) is 0 Å². The lowest BCUT2D eigenvalue weighted by atomic mass is 10.1. The number of likely N-dealkylation sites (tertiary alicyclic amines) is 1. The number of thioether (sulfide) groups is 1. The number of carbonyl (C=O) groups is 2. The molecule has 3 rings (SSSR count). The first-order valence-corrected chi connectivity index (χ1v) is 11.3. The minimum Gasteiger partial charge on any atom is -0.355 e. The molecule has 6 nitrogen and oxygen atoms in total. The number of aryl methyl sites for hydroxylation is 1. The van der Waals surface area contributed by atoms with Gasteiger partial charge >= 0.3 is 0 Å². The van der Waals surface area contributed by atoms with Crippen LogP contribution in [-0.2, 0) is 9.59 Å². The first kappa shape index (κ1) is 21.4. The van der Waals surface area contributed by atoms with Crippen LogP contribution in [0.25, 0.3) is 5.69 Å². The van der Waals surface area contributed by atoms with Gasteiger partial charge in [-0.3, -0.25) is 14.2 Å². The van der Waals surface area contributed by atoms with E-state index in [1.807, 2.05) is 21.7 Å². The number of hydrogen-bond acceptors (Lipinski definition) is 4. The van der Waals surface area contributed by atoms with E-state index < -0.39 is 0 Å². The molecule has 0 unspecified atom stereocenters. The van der Waals surface area contributed by atoms with Crippen LogP contribution in [0.4, 0.5) is 0 Å². The van der Waals surface area contributed by atoms with Crippen LogP contribution in [0.15, 0.2) is 35.7 Å². The molecule has 1 aromatic carbocycles. The highest BCUT2D eigenvalue weighted by molar-refractivity contribution is 7.99. The second-order valence-electron chi connectivity index (χ2n) is 7.48. The van der Waals surface area contributed by atoms with E-state index in [-0.39, 0.29) is 11.8 Å². The van der Waals surface area contributed by atoms with Crippen molar-refractivity contribution in [2.24, 2.45) is 0 Å². The van der Waals surface area contributed by atoms with Crippen molar-refractivity contribution in [3.8, 4) is 5.69 Å². The van der Waals surface area contributed by atoms with Crippen molar-refractivity contribution >= 4 is 23.6 Å². The number of benzene rings is 1. The number of imidazole rings is 1. The Kier molecular flexibility index (Phi) is 7.75. The number of nitrogens with zero attached hydrogens (tertiary/aromatic N) is 3. The molecule has 1 N–H and O–H groups in total. The van der Waals surface area contributed by atoms with Gasteiger partial charge in [0.05, 0.1) is 11.4 Å². The second-order valence-corrected chi connectivity index (χ2v) is 8.42. The van der Waals surface area contributed by atoms with Crippen LogP contribution in [-0.4, -0.2) is 51.7 Å². The van der Waals surface area contributed by atoms with Crippen molar-refractivity contribution in [3.05, 3.63) is 41.7 Å². The van der Waals surface area contributed by atoms with Crippen molar-refractivity contribution in [1.29, 1.82) is 0 Å². The molecule has 0 saturated carbocycles. The van der Waals surface area contributed by atoms with E-state index in [0.717, 1.165) is 49.6 Å². The number of amides is 2. The lowest BCUT2D eigenvalue weighted by molar-refractivity contribution is -0.130. The molecule has 7 heteroatoms. The van der Waals surface area contributed by atoms with Gasteiger partial charge in [-0.1, -0.05) is 30.3 Å². The minimum absolute atomic E-state index is 0.00675. The van der Waals surface area contributed by atoms with Crippen LogP contribution in [0.5, 0.6) is 0 Å². The molecule has 2 heterocycles. The molecule has 0 aliphatic carbocycles. The minimum atomic E-state index is -0.00675. The van der Waals surface area contributed by atoms with E-state index in [1.54, 1.807) is 6.20 Å². The predicted octanol–water partition coefficient (Wildman–Crippen LogP) is 3.49. The van der Waals surface area contributed by atoms with E-state index in [0.29, 0.717) is 18.7 Å². The molecule has 1 fully saturated rings. The van der Waals surface area contributed by atoms with Crippen molar-refractivity contribution in [2.75, 3.05) is 25.4 Å². The molecule has 0 radical (unpaired) electrons. The predicted molar refractivity (Wildman–Crippen MR) is 116 cm³/mol. The third-order valence-electron chi connectivity index (χ3n) is 5.37. The summed E-state index contributed by atoms with van der Waals surface area (Å²) in [6, 6.07) is 6.20. The van der Waals surface area contributed by atoms with Gasteiger partial charge in [0.15, 0.2) is 5.16 Å². The normalized spacial score (nSPS) is 14.7. The molecular formula is C22H30N4O2S. The Hall–Kier alpha value is -2.28. The van der Waals surface area contributed by atoms with Crippen LogP contribution in [0, 0.1) is 13.8 Å². The Morgan fingerprint density at radius 3 is 2.97 bits per heavy atom. The third-order valence-corrected chi connectivity index (χ3v) is 6.34. The number of carbonyl (C=O) groups excluding carboxylic acids is 2. The monoisotopic (exact) mass is 414 g/mol. The highest BCUT2D eigenvalue weighted by Crippen LogP contribution is 2.24. The lowest BCUT2D eigenvalue weighted by Gasteiger charge is -2.20. The fourth-order valence-corrected chi connectivity index (χ4v) is 4.33. The fraction of sp³-hybridized carbons (Fsp3) is 0.500. The van der Waals surface area contributed by atoms with Gasteiger partial charge in [-0.25, -0.2) is 4.98 Å². The summed E-state index contributed by atoms with van der Waals surface area (Å²) in [7, 11) is 0. The highest BCUT2D eigenvalue weighted by atomic mass is 32.2. The largest absolute Gasteiger partial charge is 0.355 e. The van der Waals surface area contributed by atoms with Crippen LogP contribution >= 0.6 is 11.8 Å². The molecule has 0 spiro atoms. The molecule has 0 bridgehead atoms. The summed E-state index contributed by atoms with van der Waals surface area (Å²) in [5, 5.41) is 3.77. The first-order chi connectivity index (χ1) is 14.1. The number of rotatable bonds is 8. The van der Waals surface area contributed by atoms with E-state index in [4.69, 9.17) is 0 Å². The summed E-state index contributed by atoms with van der Waals surface area (Å²) in [6.45, 7) is 6.36. The smallest absolute Gasteiger partial charge is 0.230 e. The number of nitrogens with one attached hydrogen (secondary N) is 1. The van der Waals surface area contributed by atoms with Crippen molar-refractivity contribution < 1.29 is 9.59 Å². The van der Waals surface area contributed by atoms with Gasteiger partial charge in [0, 0.05) is 38.4 Å². The van der Waals surface area contributed by atoms with Crippen molar-refractivity contribution in [3.63, 3.8) is 0 Å². The maximum absolute atomic E-state index is 12.2. The van der Waals surface area contributed by atoms with Gasteiger partial charge < -0.3 is 10.2 Å². The lowest BCUT2D eigenvalue weighted by Crippen LogP contribution is -2.34. The summed E-state index contributed by atoms with van der Waals surface area (Å²) in [4.78, 5) is 30.6. The Morgan fingerprint density at radius 2 is 2.10 bits per heavy atom. The molecule has 2 aromatic rings. The SMILES string of the molecule is Cc1cccc(-n2ccnc2SCC(=O)NCCCN2CCCCCC2=O)c1C. The third kappa shape index (κ3) is 5.85. The fourth-order valence-electron chi connectivity index (χ4n) is 3.53. The van der Waals surface area contributed by atoms with Crippen LogP contribution in [0.1, 0.15) is 43.2 Å². The maximum Gasteiger partial charge on any atom is 0.230 e. The van der Waals surface area contributed by atoms with E-state index in [9.17, 15) is 9.59 Å². The van der Waals surface area contributed by atoms with Gasteiger partial charge in [-0.2, -0.15) is 0 Å². The van der Waals surface area contributed by atoms with Gasteiger partial charge in [0.1, 0.15) is 0 Å². The average Bonchev–Trinajstić information content (AvgIpc) is 3.08. The standard InChI is InChI=1S/C22H30N4O2S/c1-17-8-6-9-19(18(17)2)26-15-12-24-22(26)29-16-20(27)23-11-7-14-25-13-5-3-4-10-21(25)28/h6,8-9,12,15H,3-5,7,10-11,13-14,16H2,1-2H3,(H,23,27). The Morgan fingerprint density at radius 1 is 1.24 bits per heavy atom. The van der Waals surface area contributed by atoms with Gasteiger partial charge in [0.2, 0.25) is 11.8 Å². The first-order valence-electron chi connectivity index (χ1n) is 10.3. The molecule has 29 heavy (non-hydrogen) atoms. The summed E-state index contributed by atoms with van der Waals surface area (Å²) in [5.41, 5.74) is 3.53. The molecule has 1 aromatic heterocycles. The zero-order valence-corrected chi connectivity index (χ0v) is 18.1. The highest BCUT2D eigenvalue weighted by Gasteiger charge is 2.16. The topological polar surface area (TPSA) is 67.2 Å². The zero-order chi connectivity index (χ0) is 20.6. The van der Waals surface area contributed by atoms with Gasteiger partial charge in [-0.05, 0) is 50.3 Å². The maximum atomic E-state index is 12.2. The molecular weight excluding hydrogens is 384 g/mol. The zero-order valence-electron chi connectivity index (χ0n) is 17.3.